The molecule has 2 aromatic rings. The van der Waals surface area contributed by atoms with Crippen LogP contribution in [0.3, 0.4) is 0 Å². The van der Waals surface area contributed by atoms with Crippen molar-refractivity contribution in [1.82, 2.24) is 0 Å². The van der Waals surface area contributed by atoms with E-state index in [0.717, 1.165) is 5.56 Å². The van der Waals surface area contributed by atoms with Crippen LogP contribution in [0.2, 0.25) is 0 Å². The smallest absolute Gasteiger partial charge is 0.411 e. The van der Waals surface area contributed by atoms with E-state index in [0.29, 0.717) is 17.0 Å². The van der Waals surface area contributed by atoms with Crippen molar-refractivity contribution >= 4 is 17.6 Å². The fraction of sp³-hybridized carbons (Fsp3) is 0.300. The Labute approximate surface area is 165 Å². The fourth-order valence-electron chi connectivity index (χ4n) is 2.34. The number of hydrogen-bond donors (Lipinski definition) is 1. The second-order valence-corrected chi connectivity index (χ2v) is 6.13. The normalized spacial score (nSPS) is 11.1. The molecule has 1 N–H and O–H groups in total. The third-order valence-electron chi connectivity index (χ3n) is 3.69. The summed E-state index contributed by atoms with van der Waals surface area (Å²) in [6.07, 6.45) is -4.40. The molecule has 156 valence electrons. The van der Waals surface area contributed by atoms with Crippen molar-refractivity contribution in [3.63, 3.8) is 0 Å². The fourth-order valence-corrected chi connectivity index (χ4v) is 2.34. The van der Waals surface area contributed by atoms with Crippen molar-refractivity contribution in [1.29, 1.82) is 0 Å². The number of aryl methyl sites for hydroxylation is 1. The first-order chi connectivity index (χ1) is 13.7. The number of amides is 1. The highest BCUT2D eigenvalue weighted by atomic mass is 19.4. The minimum Gasteiger partial charge on any atom is -0.495 e. The predicted molar refractivity (Wildman–Crippen MR) is 98.8 cm³/mol. The van der Waals surface area contributed by atoms with Gasteiger partial charge >= 0.3 is 12.1 Å². The van der Waals surface area contributed by atoms with Gasteiger partial charge in [-0.3, -0.25) is 4.79 Å². The Morgan fingerprint density at radius 2 is 1.76 bits per heavy atom. The Bertz CT molecular complexity index is 850. The maximum absolute atomic E-state index is 12.1. The highest BCUT2D eigenvalue weighted by molar-refractivity contribution is 5.96. The number of carbonyl (C=O) groups is 2. The number of halogens is 3. The number of esters is 1. The number of anilines is 1. The van der Waals surface area contributed by atoms with Crippen LogP contribution in [0.5, 0.6) is 5.75 Å². The van der Waals surface area contributed by atoms with Gasteiger partial charge < -0.3 is 19.5 Å². The van der Waals surface area contributed by atoms with Crippen LogP contribution in [0.25, 0.3) is 0 Å². The molecule has 2 aromatic carbocycles. The van der Waals surface area contributed by atoms with Gasteiger partial charge in [0.1, 0.15) is 12.4 Å². The average Bonchev–Trinajstić information content (AvgIpc) is 2.66. The number of benzene rings is 2. The number of ether oxygens (including phenoxy) is 3. The number of rotatable bonds is 8. The molecular weight excluding hydrogens is 391 g/mol. The molecule has 0 aliphatic heterocycles. The molecule has 0 aliphatic carbocycles. The number of nitrogens with one attached hydrogen (secondary N) is 1. The molecule has 0 atom stereocenters. The Balaban J connectivity index is 1.84. The van der Waals surface area contributed by atoms with E-state index in [4.69, 9.17) is 9.47 Å². The molecule has 0 saturated heterocycles. The summed E-state index contributed by atoms with van der Waals surface area (Å²) in [5.74, 6) is -0.808. The lowest BCUT2D eigenvalue weighted by molar-refractivity contribution is -0.176. The molecule has 9 heteroatoms. The van der Waals surface area contributed by atoms with Crippen molar-refractivity contribution in [2.75, 3.05) is 25.6 Å². The molecule has 6 nitrogen and oxygen atoms in total. The topological polar surface area (TPSA) is 73.9 Å². The van der Waals surface area contributed by atoms with Crippen LogP contribution < -0.4 is 10.1 Å². The highest BCUT2D eigenvalue weighted by Gasteiger charge is 2.27. The van der Waals surface area contributed by atoms with E-state index < -0.39 is 31.3 Å². The van der Waals surface area contributed by atoms with Gasteiger partial charge in [0, 0.05) is 0 Å². The minimum atomic E-state index is -4.40. The van der Waals surface area contributed by atoms with Crippen molar-refractivity contribution in [3.05, 3.63) is 59.2 Å². The number of carbonyl (C=O) groups excluding carboxylic acids is 2. The molecule has 1 amide bonds. The van der Waals surface area contributed by atoms with E-state index in [1.54, 1.807) is 12.1 Å². The van der Waals surface area contributed by atoms with Crippen LogP contribution >= 0.6 is 0 Å². The van der Waals surface area contributed by atoms with Crippen LogP contribution in [-0.4, -0.2) is 38.4 Å². The third-order valence-corrected chi connectivity index (χ3v) is 3.69. The Morgan fingerprint density at radius 3 is 2.38 bits per heavy atom. The van der Waals surface area contributed by atoms with Crippen LogP contribution in [0, 0.1) is 6.92 Å². The van der Waals surface area contributed by atoms with E-state index in [1.165, 1.54) is 31.4 Å². The van der Waals surface area contributed by atoms with E-state index >= 15 is 0 Å². The summed E-state index contributed by atoms with van der Waals surface area (Å²) < 4.78 is 50.8. The summed E-state index contributed by atoms with van der Waals surface area (Å²) in [7, 11) is 1.47. The van der Waals surface area contributed by atoms with Gasteiger partial charge in [0.25, 0.3) is 5.91 Å². The van der Waals surface area contributed by atoms with E-state index in [1.807, 2.05) is 13.0 Å². The molecule has 0 aliphatic rings. The summed E-state index contributed by atoms with van der Waals surface area (Å²) in [4.78, 5) is 24.1. The number of hydrogen-bond acceptors (Lipinski definition) is 5. The lowest BCUT2D eigenvalue weighted by Crippen LogP contribution is -2.21. The quantitative estimate of drug-likeness (QED) is 0.668. The van der Waals surface area contributed by atoms with Crippen molar-refractivity contribution < 1.29 is 37.0 Å². The summed E-state index contributed by atoms with van der Waals surface area (Å²) >= 11 is 0. The van der Waals surface area contributed by atoms with Gasteiger partial charge in [-0.1, -0.05) is 18.2 Å². The standard InChI is InChI=1S/C20H20F3NO5/c1-13-3-8-17(27-2)16(9-13)24-18(25)11-29-19(26)15-6-4-14(5-7-15)10-28-12-20(21,22)23/h3-9H,10-12H2,1-2H3,(H,24,25). The first kappa shape index (κ1) is 22.2. The Hall–Kier alpha value is -3.07. The molecule has 0 aromatic heterocycles. The molecule has 0 fully saturated rings. The largest absolute Gasteiger partial charge is 0.495 e. The summed E-state index contributed by atoms with van der Waals surface area (Å²) in [5.41, 5.74) is 2.00. The highest BCUT2D eigenvalue weighted by Crippen LogP contribution is 2.25. The lowest BCUT2D eigenvalue weighted by Gasteiger charge is -2.11. The monoisotopic (exact) mass is 411 g/mol. The lowest BCUT2D eigenvalue weighted by atomic mass is 10.1. The second-order valence-electron chi connectivity index (χ2n) is 6.13. The van der Waals surface area contributed by atoms with Crippen LogP contribution in [0.1, 0.15) is 21.5 Å². The van der Waals surface area contributed by atoms with Crippen molar-refractivity contribution in [2.45, 2.75) is 19.7 Å². The summed E-state index contributed by atoms with van der Waals surface area (Å²) in [6.45, 7) is -0.244. The maximum Gasteiger partial charge on any atom is 0.411 e. The van der Waals surface area contributed by atoms with E-state index in [2.05, 4.69) is 10.1 Å². The Morgan fingerprint density at radius 1 is 1.07 bits per heavy atom. The molecule has 0 radical (unpaired) electrons. The average molecular weight is 411 g/mol. The van der Waals surface area contributed by atoms with Gasteiger partial charge in [-0.25, -0.2) is 4.79 Å². The third kappa shape index (κ3) is 7.46. The SMILES string of the molecule is COc1ccc(C)cc1NC(=O)COC(=O)c1ccc(COCC(F)(F)F)cc1. The maximum atomic E-state index is 12.1. The zero-order chi connectivity index (χ0) is 21.4. The van der Waals surface area contributed by atoms with Gasteiger partial charge in [0.15, 0.2) is 6.61 Å². The molecule has 0 spiro atoms. The molecule has 2 rings (SSSR count). The van der Waals surface area contributed by atoms with Crippen molar-refractivity contribution in [3.8, 4) is 5.75 Å². The second kappa shape index (κ2) is 9.92. The zero-order valence-corrected chi connectivity index (χ0v) is 15.8. The molecular formula is C20H20F3NO5. The van der Waals surface area contributed by atoms with Gasteiger partial charge in [-0.05, 0) is 42.3 Å². The predicted octanol–water partition coefficient (Wildman–Crippen LogP) is 3.88. The zero-order valence-electron chi connectivity index (χ0n) is 15.8. The first-order valence-corrected chi connectivity index (χ1v) is 8.53. The molecule has 0 saturated carbocycles. The van der Waals surface area contributed by atoms with E-state index in [-0.39, 0.29) is 12.2 Å². The molecule has 29 heavy (non-hydrogen) atoms. The van der Waals surface area contributed by atoms with Crippen LogP contribution in [-0.2, 0) is 20.9 Å². The van der Waals surface area contributed by atoms with Gasteiger partial charge in [0.2, 0.25) is 0 Å². The first-order valence-electron chi connectivity index (χ1n) is 8.53. The van der Waals surface area contributed by atoms with Crippen molar-refractivity contribution in [2.24, 2.45) is 0 Å². The number of alkyl halides is 3. The summed E-state index contributed by atoms with van der Waals surface area (Å²) in [6, 6.07) is 10.9. The molecule has 0 unspecified atom stereocenters. The molecule has 0 bridgehead atoms. The van der Waals surface area contributed by atoms with Crippen LogP contribution in [0.15, 0.2) is 42.5 Å². The Kier molecular flexibility index (Phi) is 7.60. The van der Waals surface area contributed by atoms with Crippen LogP contribution in [0.4, 0.5) is 18.9 Å². The van der Waals surface area contributed by atoms with Gasteiger partial charge in [0.05, 0.1) is 25.0 Å². The van der Waals surface area contributed by atoms with E-state index in [9.17, 15) is 22.8 Å². The molecule has 0 heterocycles. The minimum absolute atomic E-state index is 0.158. The van der Waals surface area contributed by atoms with Gasteiger partial charge in [-0.2, -0.15) is 13.2 Å². The van der Waals surface area contributed by atoms with Gasteiger partial charge in [-0.15, -0.1) is 0 Å². The number of methoxy groups -OCH3 is 1. The summed E-state index contributed by atoms with van der Waals surface area (Å²) in [5, 5.41) is 2.60.